The van der Waals surface area contributed by atoms with E-state index in [4.69, 9.17) is 5.73 Å². The summed E-state index contributed by atoms with van der Waals surface area (Å²) in [4.78, 5) is 47.3. The molecule has 0 aliphatic carbocycles. The number of hydrogen-bond acceptors (Lipinski definition) is 5. The highest BCUT2D eigenvalue weighted by molar-refractivity contribution is 6.02. The van der Waals surface area contributed by atoms with Crippen LogP contribution in [0.1, 0.15) is 13.8 Å². The summed E-state index contributed by atoms with van der Waals surface area (Å²) < 4.78 is 0. The number of fused-ring (bicyclic) bond motifs is 1. The van der Waals surface area contributed by atoms with E-state index < -0.39 is 29.0 Å². The minimum Gasteiger partial charge on any atom is -0.346 e. The molecule has 1 atom stereocenters. The highest BCUT2D eigenvalue weighted by Crippen LogP contribution is 2.16. The molecule has 2 rings (SSSR count). The summed E-state index contributed by atoms with van der Waals surface area (Å²) in [6.07, 6.45) is 0. The van der Waals surface area contributed by atoms with E-state index in [1.165, 1.54) is 12.1 Å². The third-order valence-corrected chi connectivity index (χ3v) is 3.54. The SMILES string of the molecule is CC(C)[C@H](N)C(=O)NCC(=O)Nc1cccc2c(=O)[nH][nH]c(=O)c12.Cl. The lowest BCUT2D eigenvalue weighted by Gasteiger charge is -2.15. The quantitative estimate of drug-likeness (QED) is 0.489. The molecule has 1 aromatic heterocycles. The molecule has 1 aromatic carbocycles. The Morgan fingerprint density at radius 2 is 1.80 bits per heavy atom. The lowest BCUT2D eigenvalue weighted by Crippen LogP contribution is -2.46. The number of hydrogen-bond donors (Lipinski definition) is 5. The van der Waals surface area contributed by atoms with Crippen LogP contribution >= 0.6 is 12.4 Å². The van der Waals surface area contributed by atoms with Gasteiger partial charge >= 0.3 is 0 Å². The predicted octanol–water partition coefficient (Wildman–Crippen LogP) is -0.324. The molecule has 0 aliphatic heterocycles. The van der Waals surface area contributed by atoms with Crippen LogP contribution in [0.25, 0.3) is 10.8 Å². The number of aromatic amines is 2. The van der Waals surface area contributed by atoms with Gasteiger partial charge in [-0.2, -0.15) is 0 Å². The van der Waals surface area contributed by atoms with E-state index in [2.05, 4.69) is 20.8 Å². The summed E-state index contributed by atoms with van der Waals surface area (Å²) >= 11 is 0. The van der Waals surface area contributed by atoms with Crippen LogP contribution in [-0.2, 0) is 9.59 Å². The number of halogens is 1. The number of aromatic nitrogens is 2. The first-order chi connectivity index (χ1) is 11.3. The van der Waals surface area contributed by atoms with Gasteiger partial charge < -0.3 is 16.4 Å². The van der Waals surface area contributed by atoms with Crippen molar-refractivity contribution in [1.82, 2.24) is 15.5 Å². The van der Waals surface area contributed by atoms with Gasteiger partial charge in [-0.25, -0.2) is 0 Å². The normalized spacial score (nSPS) is 11.7. The maximum atomic E-state index is 12.0. The molecule has 10 heteroatoms. The molecule has 0 saturated heterocycles. The third kappa shape index (κ3) is 4.68. The van der Waals surface area contributed by atoms with E-state index in [9.17, 15) is 19.2 Å². The Bertz CT molecular complexity index is 889. The number of carbonyl (C=O) groups excluding carboxylic acids is 2. The standard InChI is InChI=1S/C15H19N5O4.ClH/c1-7(2)12(16)15(24)17-6-10(21)18-9-5-3-4-8-11(9)14(23)20-19-13(8)22;/h3-5,7,12H,6,16H2,1-2H3,(H,17,24)(H,18,21)(H,19,22)(H,20,23);1H/t12-;/m0./s1. The summed E-state index contributed by atoms with van der Waals surface area (Å²) in [7, 11) is 0. The molecule has 9 nitrogen and oxygen atoms in total. The summed E-state index contributed by atoms with van der Waals surface area (Å²) in [6, 6.07) is 3.80. The Balaban J connectivity index is 0.00000312. The van der Waals surface area contributed by atoms with Crippen molar-refractivity contribution in [3.05, 3.63) is 38.9 Å². The van der Waals surface area contributed by atoms with Crippen LogP contribution in [0.3, 0.4) is 0 Å². The second-order valence-electron chi connectivity index (χ2n) is 5.67. The largest absolute Gasteiger partial charge is 0.346 e. The van der Waals surface area contributed by atoms with Crippen molar-refractivity contribution in [1.29, 1.82) is 0 Å². The second kappa shape index (κ2) is 8.45. The average Bonchev–Trinajstić information content (AvgIpc) is 2.55. The molecule has 0 saturated carbocycles. The topological polar surface area (TPSA) is 150 Å². The zero-order valence-corrected chi connectivity index (χ0v) is 14.5. The van der Waals surface area contributed by atoms with E-state index in [-0.39, 0.29) is 41.3 Å². The molecular formula is C15H20ClN5O4. The van der Waals surface area contributed by atoms with E-state index in [0.29, 0.717) is 0 Å². The van der Waals surface area contributed by atoms with Gasteiger partial charge in [0, 0.05) is 0 Å². The summed E-state index contributed by atoms with van der Waals surface area (Å²) in [5, 5.41) is 9.57. The van der Waals surface area contributed by atoms with Crippen molar-refractivity contribution in [2.24, 2.45) is 11.7 Å². The van der Waals surface area contributed by atoms with E-state index in [1.54, 1.807) is 19.9 Å². The zero-order valence-electron chi connectivity index (χ0n) is 13.7. The minimum atomic E-state index is -0.711. The van der Waals surface area contributed by atoms with Crippen LogP contribution in [-0.4, -0.2) is 34.6 Å². The van der Waals surface area contributed by atoms with Crippen LogP contribution in [0.5, 0.6) is 0 Å². The van der Waals surface area contributed by atoms with Gasteiger partial charge in [0.2, 0.25) is 11.8 Å². The summed E-state index contributed by atoms with van der Waals surface area (Å²) in [5.41, 5.74) is 4.86. The molecule has 0 spiro atoms. The molecule has 0 radical (unpaired) electrons. The Morgan fingerprint density at radius 1 is 1.16 bits per heavy atom. The lowest BCUT2D eigenvalue weighted by atomic mass is 10.1. The molecule has 0 unspecified atom stereocenters. The van der Waals surface area contributed by atoms with Crippen molar-refractivity contribution in [2.75, 3.05) is 11.9 Å². The van der Waals surface area contributed by atoms with Gasteiger partial charge in [0.05, 0.1) is 29.0 Å². The molecule has 0 aliphatic rings. The first-order valence-corrected chi connectivity index (χ1v) is 7.38. The molecule has 2 aromatic rings. The second-order valence-corrected chi connectivity index (χ2v) is 5.67. The number of nitrogens with two attached hydrogens (primary N) is 1. The Hall–Kier alpha value is -2.65. The molecule has 6 N–H and O–H groups in total. The van der Waals surface area contributed by atoms with E-state index >= 15 is 0 Å². The number of anilines is 1. The van der Waals surface area contributed by atoms with Gasteiger partial charge in [0.25, 0.3) is 11.1 Å². The Morgan fingerprint density at radius 3 is 2.44 bits per heavy atom. The van der Waals surface area contributed by atoms with Crippen molar-refractivity contribution >= 4 is 40.7 Å². The van der Waals surface area contributed by atoms with Crippen molar-refractivity contribution in [3.63, 3.8) is 0 Å². The maximum absolute atomic E-state index is 12.0. The fourth-order valence-electron chi connectivity index (χ4n) is 2.12. The summed E-state index contributed by atoms with van der Waals surface area (Å²) in [5.74, 6) is -1.03. The van der Waals surface area contributed by atoms with Gasteiger partial charge in [-0.15, -0.1) is 12.4 Å². The van der Waals surface area contributed by atoms with Crippen LogP contribution in [0.2, 0.25) is 0 Å². The smallest absolute Gasteiger partial charge is 0.272 e. The third-order valence-electron chi connectivity index (χ3n) is 3.54. The van der Waals surface area contributed by atoms with Crippen molar-refractivity contribution < 1.29 is 9.59 Å². The van der Waals surface area contributed by atoms with Crippen LogP contribution < -0.4 is 27.5 Å². The monoisotopic (exact) mass is 369 g/mol. The highest BCUT2D eigenvalue weighted by atomic mass is 35.5. The first-order valence-electron chi connectivity index (χ1n) is 7.38. The van der Waals surface area contributed by atoms with E-state index in [1.807, 2.05) is 0 Å². The number of carbonyl (C=O) groups is 2. The van der Waals surface area contributed by atoms with Crippen LogP contribution in [0.4, 0.5) is 5.69 Å². The fourth-order valence-corrected chi connectivity index (χ4v) is 2.12. The Kier molecular flexibility index (Phi) is 6.89. The number of amides is 2. The van der Waals surface area contributed by atoms with Crippen LogP contribution in [0.15, 0.2) is 27.8 Å². The van der Waals surface area contributed by atoms with Crippen molar-refractivity contribution in [2.45, 2.75) is 19.9 Å². The van der Waals surface area contributed by atoms with E-state index in [0.717, 1.165) is 0 Å². The number of benzene rings is 1. The number of rotatable bonds is 5. The van der Waals surface area contributed by atoms with Gasteiger partial charge in [-0.05, 0) is 18.1 Å². The molecule has 2 amide bonds. The minimum absolute atomic E-state index is 0. The molecule has 1 heterocycles. The number of nitrogens with one attached hydrogen (secondary N) is 4. The zero-order chi connectivity index (χ0) is 17.9. The fraction of sp³-hybridized carbons (Fsp3) is 0.333. The number of H-pyrrole nitrogens is 2. The average molecular weight is 370 g/mol. The predicted molar refractivity (Wildman–Crippen MR) is 96.9 cm³/mol. The lowest BCUT2D eigenvalue weighted by molar-refractivity contribution is -0.125. The maximum Gasteiger partial charge on any atom is 0.272 e. The molecule has 0 fully saturated rings. The van der Waals surface area contributed by atoms with Gasteiger partial charge in [-0.1, -0.05) is 19.9 Å². The molecular weight excluding hydrogens is 350 g/mol. The van der Waals surface area contributed by atoms with Gasteiger partial charge in [-0.3, -0.25) is 29.4 Å². The molecule has 0 bridgehead atoms. The Labute approximate surface area is 148 Å². The summed E-state index contributed by atoms with van der Waals surface area (Å²) in [6.45, 7) is 3.30. The van der Waals surface area contributed by atoms with Crippen LogP contribution in [0, 0.1) is 5.92 Å². The highest BCUT2D eigenvalue weighted by Gasteiger charge is 2.18. The molecule has 136 valence electrons. The van der Waals surface area contributed by atoms with Crippen molar-refractivity contribution in [3.8, 4) is 0 Å². The first kappa shape index (κ1) is 20.4. The van der Waals surface area contributed by atoms with Gasteiger partial charge in [0.15, 0.2) is 0 Å². The molecule has 25 heavy (non-hydrogen) atoms. The van der Waals surface area contributed by atoms with Gasteiger partial charge in [0.1, 0.15) is 0 Å².